The summed E-state index contributed by atoms with van der Waals surface area (Å²) in [5.41, 5.74) is 4.61. The number of nitrogens with one attached hydrogen (secondary N) is 1. The molecule has 1 aromatic rings. The lowest BCUT2D eigenvalue weighted by Gasteiger charge is -2.16. The molecule has 1 N–H and O–H groups in total. The highest BCUT2D eigenvalue weighted by molar-refractivity contribution is 5.35. The van der Waals surface area contributed by atoms with Crippen molar-refractivity contribution in [3.05, 3.63) is 34.9 Å². The summed E-state index contributed by atoms with van der Waals surface area (Å²) in [6.07, 6.45) is 6.60. The van der Waals surface area contributed by atoms with E-state index in [4.69, 9.17) is 0 Å². The van der Waals surface area contributed by atoms with Crippen molar-refractivity contribution in [3.8, 4) is 0 Å². The second kappa shape index (κ2) is 10.00. The minimum atomic E-state index is 0.627. The van der Waals surface area contributed by atoms with Crippen molar-refractivity contribution in [3.63, 3.8) is 0 Å². The Hall–Kier alpha value is -0.820. The molecule has 1 nitrogen and oxygen atoms in total. The summed E-state index contributed by atoms with van der Waals surface area (Å²) in [6, 6.07) is 7.15. The van der Waals surface area contributed by atoms with Gasteiger partial charge in [-0.3, -0.25) is 0 Å². The third kappa shape index (κ3) is 6.65. The third-order valence-electron chi connectivity index (χ3n) is 4.26. The molecule has 1 heteroatoms. The summed E-state index contributed by atoms with van der Waals surface area (Å²) in [5.74, 6) is 1.26. The van der Waals surface area contributed by atoms with Crippen molar-refractivity contribution < 1.29 is 0 Å². The highest BCUT2D eigenvalue weighted by atomic mass is 14.8. The van der Waals surface area contributed by atoms with E-state index in [0.717, 1.165) is 6.54 Å². The van der Waals surface area contributed by atoms with Crippen LogP contribution in [0.1, 0.15) is 88.8 Å². The van der Waals surface area contributed by atoms with Crippen molar-refractivity contribution in [2.24, 2.45) is 0 Å². The fraction of sp³-hybridized carbons (Fsp3) is 0.700. The van der Waals surface area contributed by atoms with Crippen LogP contribution in [0.4, 0.5) is 0 Å². The first-order valence-corrected chi connectivity index (χ1v) is 8.89. The molecule has 0 saturated heterocycles. The van der Waals surface area contributed by atoms with Gasteiger partial charge in [-0.05, 0) is 60.9 Å². The average Bonchev–Trinajstić information content (AvgIpc) is 2.46. The zero-order valence-corrected chi connectivity index (χ0v) is 14.8. The van der Waals surface area contributed by atoms with E-state index in [9.17, 15) is 0 Å². The monoisotopic (exact) mass is 289 g/mol. The molecule has 0 amide bonds. The van der Waals surface area contributed by atoms with Crippen molar-refractivity contribution in [1.82, 2.24) is 5.32 Å². The molecule has 0 unspecified atom stereocenters. The summed E-state index contributed by atoms with van der Waals surface area (Å²) in [6.45, 7) is 13.6. The molecule has 0 aliphatic carbocycles. The summed E-state index contributed by atoms with van der Waals surface area (Å²) in [4.78, 5) is 0. The maximum Gasteiger partial charge on any atom is -0.00490 e. The molecule has 0 bridgehead atoms. The molecular formula is C20H35N. The van der Waals surface area contributed by atoms with Crippen molar-refractivity contribution in [2.45, 2.75) is 78.6 Å². The molecule has 0 spiro atoms. The summed E-state index contributed by atoms with van der Waals surface area (Å²) in [5, 5.41) is 3.40. The summed E-state index contributed by atoms with van der Waals surface area (Å²) >= 11 is 0. The van der Waals surface area contributed by atoms with E-state index >= 15 is 0 Å². The van der Waals surface area contributed by atoms with Crippen molar-refractivity contribution in [2.75, 3.05) is 13.1 Å². The second-order valence-electron chi connectivity index (χ2n) is 6.79. The number of hydrogen-bond acceptors (Lipinski definition) is 1. The van der Waals surface area contributed by atoms with Crippen LogP contribution >= 0.6 is 0 Å². The van der Waals surface area contributed by atoms with E-state index < -0.39 is 0 Å². The molecule has 0 fully saturated rings. The zero-order valence-electron chi connectivity index (χ0n) is 14.8. The summed E-state index contributed by atoms with van der Waals surface area (Å²) in [7, 11) is 0. The minimum absolute atomic E-state index is 0.627. The van der Waals surface area contributed by atoms with Crippen LogP contribution in [0.3, 0.4) is 0 Å². The molecule has 1 aromatic carbocycles. The van der Waals surface area contributed by atoms with E-state index in [1.807, 2.05) is 0 Å². The quantitative estimate of drug-likeness (QED) is 0.549. The standard InChI is InChI=1S/C20H35N/c1-6-21-14-10-8-7-9-11-18-12-13-19(16(2)3)15-20(18)17(4)5/h12-13,15-17,21H,6-11,14H2,1-5H3. The smallest absolute Gasteiger partial charge is 0.00490 e. The van der Waals surface area contributed by atoms with Gasteiger partial charge in [-0.2, -0.15) is 0 Å². The van der Waals surface area contributed by atoms with Gasteiger partial charge in [-0.15, -0.1) is 0 Å². The van der Waals surface area contributed by atoms with Gasteiger partial charge in [0, 0.05) is 0 Å². The molecule has 0 radical (unpaired) electrons. The third-order valence-corrected chi connectivity index (χ3v) is 4.26. The van der Waals surface area contributed by atoms with Gasteiger partial charge in [0.1, 0.15) is 0 Å². The second-order valence-corrected chi connectivity index (χ2v) is 6.79. The number of hydrogen-bond donors (Lipinski definition) is 1. The van der Waals surface area contributed by atoms with Gasteiger partial charge in [0.2, 0.25) is 0 Å². The first-order valence-electron chi connectivity index (χ1n) is 8.89. The van der Waals surface area contributed by atoms with Crippen molar-refractivity contribution in [1.29, 1.82) is 0 Å². The molecule has 120 valence electrons. The molecule has 21 heavy (non-hydrogen) atoms. The maximum atomic E-state index is 3.40. The fourth-order valence-corrected chi connectivity index (χ4v) is 2.83. The van der Waals surface area contributed by atoms with Gasteiger partial charge in [-0.1, -0.05) is 65.7 Å². The summed E-state index contributed by atoms with van der Waals surface area (Å²) < 4.78 is 0. The molecule has 0 aliphatic rings. The molecular weight excluding hydrogens is 254 g/mol. The Morgan fingerprint density at radius 2 is 1.62 bits per heavy atom. The average molecular weight is 290 g/mol. The SMILES string of the molecule is CCNCCCCCCc1ccc(C(C)C)cc1C(C)C. The van der Waals surface area contributed by atoms with Gasteiger partial charge in [-0.25, -0.2) is 0 Å². The number of benzene rings is 1. The lowest BCUT2D eigenvalue weighted by molar-refractivity contribution is 0.596. The lowest BCUT2D eigenvalue weighted by Crippen LogP contribution is -2.13. The van der Waals surface area contributed by atoms with Gasteiger partial charge >= 0.3 is 0 Å². The van der Waals surface area contributed by atoms with Crippen LogP contribution in [0, 0.1) is 0 Å². The van der Waals surface area contributed by atoms with Crippen LogP contribution in [0.25, 0.3) is 0 Å². The highest BCUT2D eigenvalue weighted by Crippen LogP contribution is 2.26. The Balaban J connectivity index is 2.47. The molecule has 0 aromatic heterocycles. The van der Waals surface area contributed by atoms with E-state index in [1.165, 1.54) is 44.2 Å². The fourth-order valence-electron chi connectivity index (χ4n) is 2.83. The minimum Gasteiger partial charge on any atom is -0.317 e. The maximum absolute atomic E-state index is 3.40. The van der Waals surface area contributed by atoms with Crippen LogP contribution in [-0.2, 0) is 6.42 Å². The lowest BCUT2D eigenvalue weighted by atomic mass is 9.89. The molecule has 0 atom stereocenters. The predicted octanol–water partition coefficient (Wildman–Crippen LogP) is 5.65. The van der Waals surface area contributed by atoms with Crippen molar-refractivity contribution >= 4 is 0 Å². The van der Waals surface area contributed by atoms with Crippen LogP contribution in [0.5, 0.6) is 0 Å². The Labute approximate surface area is 132 Å². The van der Waals surface area contributed by atoms with Gasteiger partial charge in [0.25, 0.3) is 0 Å². The Bertz CT molecular complexity index is 393. The molecule has 0 saturated carbocycles. The predicted molar refractivity (Wildman–Crippen MR) is 95.3 cm³/mol. The van der Waals surface area contributed by atoms with Gasteiger partial charge in [0.15, 0.2) is 0 Å². The highest BCUT2D eigenvalue weighted by Gasteiger charge is 2.09. The van der Waals surface area contributed by atoms with Crippen LogP contribution in [-0.4, -0.2) is 13.1 Å². The Morgan fingerprint density at radius 3 is 2.24 bits per heavy atom. The number of unbranched alkanes of at least 4 members (excludes halogenated alkanes) is 3. The van der Waals surface area contributed by atoms with Crippen LogP contribution in [0.2, 0.25) is 0 Å². The topological polar surface area (TPSA) is 12.0 Å². The van der Waals surface area contributed by atoms with E-state index in [1.54, 1.807) is 11.1 Å². The Morgan fingerprint density at radius 1 is 0.905 bits per heavy atom. The Kier molecular flexibility index (Phi) is 8.68. The van der Waals surface area contributed by atoms with E-state index in [0.29, 0.717) is 11.8 Å². The first-order chi connectivity index (χ1) is 10.1. The van der Waals surface area contributed by atoms with E-state index in [2.05, 4.69) is 58.1 Å². The number of aryl methyl sites for hydroxylation is 1. The molecule has 1 rings (SSSR count). The van der Waals surface area contributed by atoms with E-state index in [-0.39, 0.29) is 0 Å². The van der Waals surface area contributed by atoms with Crippen LogP contribution < -0.4 is 5.32 Å². The number of rotatable bonds is 10. The normalized spacial score (nSPS) is 11.6. The largest absolute Gasteiger partial charge is 0.317 e. The van der Waals surface area contributed by atoms with Gasteiger partial charge < -0.3 is 5.32 Å². The van der Waals surface area contributed by atoms with Gasteiger partial charge in [0.05, 0.1) is 0 Å². The molecule has 0 heterocycles. The van der Waals surface area contributed by atoms with Crippen LogP contribution in [0.15, 0.2) is 18.2 Å². The zero-order chi connectivity index (χ0) is 15.7. The first kappa shape index (κ1) is 18.2. The molecule has 0 aliphatic heterocycles.